The van der Waals surface area contributed by atoms with Crippen molar-refractivity contribution in [3.8, 4) is 0 Å². The topological polar surface area (TPSA) is 12.4 Å². The lowest BCUT2D eigenvalue weighted by atomic mass is 9.95. The van der Waals surface area contributed by atoms with Gasteiger partial charge in [0, 0.05) is 22.7 Å². The molecule has 0 bridgehead atoms. The van der Waals surface area contributed by atoms with E-state index in [0.717, 1.165) is 36.8 Å². The summed E-state index contributed by atoms with van der Waals surface area (Å²) in [6.45, 7) is 0.822. The number of aliphatic imine (C=N–C) groups is 1. The summed E-state index contributed by atoms with van der Waals surface area (Å²) in [5.74, 6) is 0. The zero-order valence-electron chi connectivity index (χ0n) is 9.21. The van der Waals surface area contributed by atoms with Gasteiger partial charge in [-0.25, -0.2) is 0 Å². The van der Waals surface area contributed by atoms with Crippen LogP contribution in [0.5, 0.6) is 0 Å². The summed E-state index contributed by atoms with van der Waals surface area (Å²) >= 11 is 14.8. The third kappa shape index (κ3) is 2.31. The number of benzene rings is 1. The van der Waals surface area contributed by atoms with Crippen molar-refractivity contribution in [3.63, 3.8) is 0 Å². The molecule has 1 aromatic carbocycles. The number of rotatable bonds is 1. The molecular formula is C13H8Br2ClNS. The lowest BCUT2D eigenvalue weighted by Gasteiger charge is -2.16. The second-order valence-corrected chi connectivity index (χ2v) is 8.21. The highest BCUT2D eigenvalue weighted by Crippen LogP contribution is 2.35. The van der Waals surface area contributed by atoms with Crippen molar-refractivity contribution in [2.45, 2.75) is 6.42 Å². The fraction of sp³-hybridized carbons (Fsp3) is 0.154. The molecule has 0 N–H and O–H groups in total. The molecule has 92 valence electrons. The smallest absolute Gasteiger partial charge is 0.0804 e. The van der Waals surface area contributed by atoms with Crippen LogP contribution in [0.1, 0.15) is 16.7 Å². The van der Waals surface area contributed by atoms with Crippen LogP contribution in [0.25, 0.3) is 0 Å². The second-order valence-electron chi connectivity index (χ2n) is 4.02. The quantitative estimate of drug-likeness (QED) is 0.609. The summed E-state index contributed by atoms with van der Waals surface area (Å²) < 4.78 is 2.21. The molecular weight excluding hydrogens is 397 g/mol. The molecule has 0 fully saturated rings. The van der Waals surface area contributed by atoms with E-state index in [1.165, 1.54) is 11.1 Å². The van der Waals surface area contributed by atoms with Gasteiger partial charge in [-0.15, -0.1) is 11.3 Å². The maximum Gasteiger partial charge on any atom is 0.0804 e. The molecule has 0 aliphatic carbocycles. The Morgan fingerprint density at radius 3 is 2.72 bits per heavy atom. The molecule has 0 amide bonds. The first kappa shape index (κ1) is 12.9. The highest BCUT2D eigenvalue weighted by atomic mass is 79.9. The van der Waals surface area contributed by atoms with E-state index in [0.29, 0.717) is 0 Å². The van der Waals surface area contributed by atoms with Crippen LogP contribution >= 0.6 is 54.8 Å². The number of halogens is 3. The summed E-state index contributed by atoms with van der Waals surface area (Å²) in [5.41, 5.74) is 4.68. The van der Waals surface area contributed by atoms with Gasteiger partial charge < -0.3 is 0 Å². The van der Waals surface area contributed by atoms with Gasteiger partial charge in [0.1, 0.15) is 0 Å². The van der Waals surface area contributed by atoms with E-state index in [1.54, 1.807) is 11.3 Å². The largest absolute Gasteiger partial charge is 0.284 e. The number of fused-ring (bicyclic) bond motifs is 1. The molecule has 2 aromatic rings. The van der Waals surface area contributed by atoms with Crippen molar-refractivity contribution >= 4 is 60.5 Å². The van der Waals surface area contributed by atoms with Crippen molar-refractivity contribution < 1.29 is 0 Å². The minimum atomic E-state index is 0.792. The number of hydrogen-bond acceptors (Lipinski definition) is 2. The molecule has 1 nitrogen and oxygen atoms in total. The van der Waals surface area contributed by atoms with E-state index in [2.05, 4.69) is 49.0 Å². The predicted octanol–water partition coefficient (Wildman–Crippen LogP) is 5.32. The van der Waals surface area contributed by atoms with Crippen molar-refractivity contribution in [1.82, 2.24) is 0 Å². The van der Waals surface area contributed by atoms with E-state index in [1.807, 2.05) is 12.1 Å². The van der Waals surface area contributed by atoms with Gasteiger partial charge in [-0.2, -0.15) is 0 Å². The standard InChI is InChI=1S/C13H8Br2ClNS/c14-11-6-10(13(15)18-11)12-9-2-1-8(16)5-7(9)3-4-17-12/h1-2,5-6H,3-4H2. The van der Waals surface area contributed by atoms with Gasteiger partial charge in [-0.1, -0.05) is 17.7 Å². The summed E-state index contributed by atoms with van der Waals surface area (Å²) in [6.07, 6.45) is 0.961. The lowest BCUT2D eigenvalue weighted by molar-refractivity contribution is 0.944. The fourth-order valence-electron chi connectivity index (χ4n) is 2.11. The highest BCUT2D eigenvalue weighted by Gasteiger charge is 2.19. The van der Waals surface area contributed by atoms with Gasteiger partial charge in [0.15, 0.2) is 0 Å². The van der Waals surface area contributed by atoms with Crippen LogP contribution in [0, 0.1) is 0 Å². The first-order valence-electron chi connectivity index (χ1n) is 5.43. The van der Waals surface area contributed by atoms with Crippen LogP contribution < -0.4 is 0 Å². The molecule has 0 spiro atoms. The van der Waals surface area contributed by atoms with E-state index >= 15 is 0 Å². The molecule has 0 saturated heterocycles. The van der Waals surface area contributed by atoms with Crippen molar-refractivity contribution in [2.24, 2.45) is 4.99 Å². The van der Waals surface area contributed by atoms with Gasteiger partial charge >= 0.3 is 0 Å². The Labute approximate surface area is 131 Å². The first-order chi connectivity index (χ1) is 8.65. The first-order valence-corrected chi connectivity index (χ1v) is 8.21. The Kier molecular flexibility index (Phi) is 3.63. The third-order valence-corrected chi connectivity index (χ3v) is 5.46. The second kappa shape index (κ2) is 5.08. The molecule has 18 heavy (non-hydrogen) atoms. The van der Waals surface area contributed by atoms with Crippen LogP contribution in [0.3, 0.4) is 0 Å². The summed E-state index contributed by atoms with van der Waals surface area (Å²) in [4.78, 5) is 4.67. The van der Waals surface area contributed by atoms with Gasteiger partial charge in [0.25, 0.3) is 0 Å². The number of thiophene rings is 1. The van der Waals surface area contributed by atoms with Crippen LogP contribution in [0.15, 0.2) is 36.8 Å². The molecule has 0 atom stereocenters. The molecule has 3 rings (SSSR count). The summed E-state index contributed by atoms with van der Waals surface area (Å²) in [6, 6.07) is 8.14. The molecule has 5 heteroatoms. The zero-order valence-corrected chi connectivity index (χ0v) is 14.0. The maximum absolute atomic E-state index is 6.05. The Hall–Kier alpha value is -0.160. The average Bonchev–Trinajstić information content (AvgIpc) is 2.67. The van der Waals surface area contributed by atoms with Crippen LogP contribution in [0.2, 0.25) is 5.02 Å². The predicted molar refractivity (Wildman–Crippen MR) is 85.4 cm³/mol. The Bertz CT molecular complexity index is 648. The van der Waals surface area contributed by atoms with E-state index in [-0.39, 0.29) is 0 Å². The van der Waals surface area contributed by atoms with Crippen LogP contribution in [-0.4, -0.2) is 12.3 Å². The third-order valence-electron chi connectivity index (χ3n) is 2.89. The number of nitrogens with zero attached hydrogens (tertiary/aromatic N) is 1. The van der Waals surface area contributed by atoms with Gasteiger partial charge in [0.05, 0.1) is 13.3 Å². The zero-order chi connectivity index (χ0) is 12.7. The van der Waals surface area contributed by atoms with Gasteiger partial charge in [0.2, 0.25) is 0 Å². The SMILES string of the molecule is Clc1ccc2c(c1)CCN=C2c1cc(Br)sc1Br. The minimum absolute atomic E-state index is 0.792. The van der Waals surface area contributed by atoms with E-state index in [9.17, 15) is 0 Å². The normalized spacial score (nSPS) is 14.3. The highest BCUT2D eigenvalue weighted by molar-refractivity contribution is 9.12. The van der Waals surface area contributed by atoms with E-state index < -0.39 is 0 Å². The van der Waals surface area contributed by atoms with Crippen LogP contribution in [-0.2, 0) is 6.42 Å². The lowest BCUT2D eigenvalue weighted by Crippen LogP contribution is -2.13. The molecule has 2 heterocycles. The van der Waals surface area contributed by atoms with Gasteiger partial charge in [-0.3, -0.25) is 4.99 Å². The molecule has 1 aliphatic heterocycles. The number of hydrogen-bond donors (Lipinski definition) is 0. The maximum atomic E-state index is 6.05. The summed E-state index contributed by atoms with van der Waals surface area (Å²) in [5, 5.41) is 0.792. The van der Waals surface area contributed by atoms with Crippen molar-refractivity contribution in [3.05, 3.63) is 53.6 Å². The Morgan fingerprint density at radius 1 is 1.17 bits per heavy atom. The molecule has 1 aliphatic rings. The van der Waals surface area contributed by atoms with Crippen molar-refractivity contribution in [2.75, 3.05) is 6.54 Å². The Balaban J connectivity index is 2.15. The fourth-order valence-corrected chi connectivity index (χ4v) is 5.11. The molecule has 1 aromatic heterocycles. The van der Waals surface area contributed by atoms with E-state index in [4.69, 9.17) is 11.6 Å². The Morgan fingerprint density at radius 2 is 2.00 bits per heavy atom. The molecule has 0 saturated carbocycles. The van der Waals surface area contributed by atoms with Gasteiger partial charge in [-0.05, 0) is 62.0 Å². The average molecular weight is 406 g/mol. The molecule has 0 unspecified atom stereocenters. The monoisotopic (exact) mass is 403 g/mol. The minimum Gasteiger partial charge on any atom is -0.284 e. The summed E-state index contributed by atoms with van der Waals surface area (Å²) in [7, 11) is 0. The van der Waals surface area contributed by atoms with Crippen LogP contribution in [0.4, 0.5) is 0 Å². The molecule has 0 radical (unpaired) electrons. The van der Waals surface area contributed by atoms with Crippen molar-refractivity contribution in [1.29, 1.82) is 0 Å².